The Labute approximate surface area is 123 Å². The quantitative estimate of drug-likeness (QED) is 0.827. The van der Waals surface area contributed by atoms with Crippen LogP contribution in [0.25, 0.3) is 0 Å². The van der Waals surface area contributed by atoms with Crippen molar-refractivity contribution in [3.63, 3.8) is 0 Å². The molecule has 0 amide bonds. The summed E-state index contributed by atoms with van der Waals surface area (Å²) in [5, 5.41) is 3.37. The zero-order valence-corrected chi connectivity index (χ0v) is 13.2. The zero-order valence-electron chi connectivity index (χ0n) is 13.2. The predicted octanol–water partition coefficient (Wildman–Crippen LogP) is 3.49. The summed E-state index contributed by atoms with van der Waals surface area (Å²) in [4.78, 5) is 11.3. The molecule has 2 rings (SSSR count). The summed E-state index contributed by atoms with van der Waals surface area (Å²) in [6.45, 7) is 6.35. The van der Waals surface area contributed by atoms with Crippen LogP contribution in [0.4, 0.5) is 11.6 Å². The second kappa shape index (κ2) is 7.46. The first kappa shape index (κ1) is 15.1. The van der Waals surface area contributed by atoms with Crippen LogP contribution in [0.1, 0.15) is 51.5 Å². The highest BCUT2D eigenvalue weighted by atomic mass is 15.2. The largest absolute Gasteiger partial charge is 0.370 e. The molecule has 0 radical (unpaired) electrons. The van der Waals surface area contributed by atoms with Gasteiger partial charge in [0, 0.05) is 25.7 Å². The molecule has 0 spiro atoms. The maximum Gasteiger partial charge on any atom is 0.137 e. The van der Waals surface area contributed by atoms with Crippen LogP contribution in [0.2, 0.25) is 0 Å². The van der Waals surface area contributed by atoms with E-state index in [1.54, 1.807) is 6.33 Å². The number of hydrogen-bond donors (Lipinski definition) is 1. The van der Waals surface area contributed by atoms with Crippen molar-refractivity contribution in [1.29, 1.82) is 0 Å². The monoisotopic (exact) mass is 276 g/mol. The lowest BCUT2D eigenvalue weighted by atomic mass is 10.1. The molecule has 1 N–H and O–H groups in total. The smallest absolute Gasteiger partial charge is 0.137 e. The van der Waals surface area contributed by atoms with Gasteiger partial charge in [0.15, 0.2) is 0 Å². The minimum Gasteiger partial charge on any atom is -0.370 e. The Morgan fingerprint density at radius 3 is 2.65 bits per heavy atom. The Kier molecular flexibility index (Phi) is 5.62. The second-order valence-corrected chi connectivity index (χ2v) is 5.84. The molecule has 1 aliphatic carbocycles. The van der Waals surface area contributed by atoms with Gasteiger partial charge in [-0.25, -0.2) is 9.97 Å². The van der Waals surface area contributed by atoms with Crippen LogP contribution in [0.15, 0.2) is 6.33 Å². The number of nitrogens with zero attached hydrogens (tertiary/aromatic N) is 3. The zero-order chi connectivity index (χ0) is 14.4. The Balaban J connectivity index is 2.17. The van der Waals surface area contributed by atoms with Gasteiger partial charge in [-0.05, 0) is 32.1 Å². The minimum atomic E-state index is 0.840. The average Bonchev–Trinajstić information content (AvgIpc) is 2.94. The first-order valence-electron chi connectivity index (χ1n) is 8.05. The lowest BCUT2D eigenvalue weighted by molar-refractivity contribution is 0.544. The molecule has 0 aromatic carbocycles. The van der Waals surface area contributed by atoms with Gasteiger partial charge in [-0.1, -0.05) is 26.2 Å². The number of anilines is 2. The van der Waals surface area contributed by atoms with Crippen molar-refractivity contribution in [1.82, 2.24) is 9.97 Å². The van der Waals surface area contributed by atoms with Crippen LogP contribution in [-0.2, 0) is 6.42 Å². The van der Waals surface area contributed by atoms with Gasteiger partial charge in [0.1, 0.15) is 18.0 Å². The minimum absolute atomic E-state index is 0.840. The molecule has 0 aliphatic heterocycles. The molecule has 112 valence electrons. The molecule has 1 aliphatic rings. The fourth-order valence-corrected chi connectivity index (χ4v) is 3.20. The summed E-state index contributed by atoms with van der Waals surface area (Å²) in [7, 11) is 2.18. The third-order valence-corrected chi connectivity index (χ3v) is 4.14. The van der Waals surface area contributed by atoms with Crippen LogP contribution in [0, 0.1) is 5.92 Å². The summed E-state index contributed by atoms with van der Waals surface area (Å²) < 4.78 is 0. The fourth-order valence-electron chi connectivity index (χ4n) is 3.20. The summed E-state index contributed by atoms with van der Waals surface area (Å²) in [5.74, 6) is 2.97. The van der Waals surface area contributed by atoms with E-state index >= 15 is 0 Å². The van der Waals surface area contributed by atoms with Crippen molar-refractivity contribution < 1.29 is 0 Å². The highest BCUT2D eigenvalue weighted by Crippen LogP contribution is 2.29. The molecule has 0 atom stereocenters. The molecule has 0 unspecified atom stereocenters. The van der Waals surface area contributed by atoms with Gasteiger partial charge >= 0.3 is 0 Å². The Bertz CT molecular complexity index is 413. The lowest BCUT2D eigenvalue weighted by Crippen LogP contribution is -2.26. The van der Waals surface area contributed by atoms with Crippen molar-refractivity contribution in [2.45, 2.75) is 52.4 Å². The van der Waals surface area contributed by atoms with Crippen molar-refractivity contribution in [3.8, 4) is 0 Å². The van der Waals surface area contributed by atoms with Crippen LogP contribution in [0.5, 0.6) is 0 Å². The van der Waals surface area contributed by atoms with E-state index in [9.17, 15) is 0 Å². The number of hydrogen-bond acceptors (Lipinski definition) is 4. The molecule has 1 saturated carbocycles. The number of nitrogens with one attached hydrogen (secondary N) is 1. The maximum absolute atomic E-state index is 4.56. The van der Waals surface area contributed by atoms with E-state index in [2.05, 4.69) is 41.1 Å². The fraction of sp³-hybridized carbons (Fsp3) is 0.750. The average molecular weight is 276 g/mol. The number of aromatic nitrogens is 2. The Hall–Kier alpha value is -1.32. The van der Waals surface area contributed by atoms with E-state index in [-0.39, 0.29) is 0 Å². The number of rotatable bonds is 7. The van der Waals surface area contributed by atoms with E-state index in [0.29, 0.717) is 0 Å². The highest BCUT2D eigenvalue weighted by molar-refractivity contribution is 5.58. The molecule has 0 saturated heterocycles. The SMILES string of the molecule is CCCc1c(NCC)ncnc1N(C)CC1CCCC1. The summed E-state index contributed by atoms with van der Waals surface area (Å²) >= 11 is 0. The maximum atomic E-state index is 4.56. The Morgan fingerprint density at radius 1 is 1.25 bits per heavy atom. The van der Waals surface area contributed by atoms with Crippen LogP contribution < -0.4 is 10.2 Å². The molecular formula is C16H28N4. The molecule has 4 heteroatoms. The summed E-state index contributed by atoms with van der Waals surface area (Å²) in [5.41, 5.74) is 1.28. The van der Waals surface area contributed by atoms with Crippen molar-refractivity contribution in [3.05, 3.63) is 11.9 Å². The third-order valence-electron chi connectivity index (χ3n) is 4.14. The molecule has 1 aromatic rings. The lowest BCUT2D eigenvalue weighted by Gasteiger charge is -2.25. The first-order chi connectivity index (χ1) is 9.76. The summed E-state index contributed by atoms with van der Waals surface area (Å²) in [6, 6.07) is 0. The Morgan fingerprint density at radius 2 is 2.00 bits per heavy atom. The van der Waals surface area contributed by atoms with Crippen LogP contribution in [0.3, 0.4) is 0 Å². The van der Waals surface area contributed by atoms with Gasteiger partial charge in [-0.2, -0.15) is 0 Å². The molecule has 1 heterocycles. The highest BCUT2D eigenvalue weighted by Gasteiger charge is 2.20. The van der Waals surface area contributed by atoms with Gasteiger partial charge in [0.2, 0.25) is 0 Å². The van der Waals surface area contributed by atoms with Crippen LogP contribution in [-0.4, -0.2) is 30.1 Å². The molecule has 20 heavy (non-hydrogen) atoms. The van der Waals surface area contributed by atoms with E-state index in [1.165, 1.54) is 31.2 Å². The topological polar surface area (TPSA) is 41.1 Å². The van der Waals surface area contributed by atoms with Gasteiger partial charge in [0.05, 0.1) is 0 Å². The van der Waals surface area contributed by atoms with E-state index < -0.39 is 0 Å². The van der Waals surface area contributed by atoms with Crippen molar-refractivity contribution >= 4 is 11.6 Å². The normalized spacial score (nSPS) is 15.6. The van der Waals surface area contributed by atoms with Gasteiger partial charge in [-0.15, -0.1) is 0 Å². The van der Waals surface area contributed by atoms with Gasteiger partial charge < -0.3 is 10.2 Å². The molecular weight excluding hydrogens is 248 g/mol. The van der Waals surface area contributed by atoms with Crippen LogP contribution >= 0.6 is 0 Å². The van der Waals surface area contributed by atoms with Gasteiger partial charge in [-0.3, -0.25) is 0 Å². The second-order valence-electron chi connectivity index (χ2n) is 5.84. The standard InChI is InChI=1S/C16H28N4/c1-4-8-14-15(17-5-2)18-12-19-16(14)20(3)11-13-9-6-7-10-13/h12-13H,4-11H2,1-3H3,(H,17,18,19). The first-order valence-corrected chi connectivity index (χ1v) is 8.05. The van der Waals surface area contributed by atoms with Crippen molar-refractivity contribution in [2.24, 2.45) is 5.92 Å². The van der Waals surface area contributed by atoms with E-state index in [1.807, 2.05) is 0 Å². The molecule has 0 bridgehead atoms. The predicted molar refractivity (Wildman–Crippen MR) is 85.4 cm³/mol. The molecule has 4 nitrogen and oxygen atoms in total. The van der Waals surface area contributed by atoms with Gasteiger partial charge in [0.25, 0.3) is 0 Å². The summed E-state index contributed by atoms with van der Waals surface area (Å²) in [6.07, 6.45) is 9.39. The van der Waals surface area contributed by atoms with Crippen molar-refractivity contribution in [2.75, 3.05) is 30.4 Å². The van der Waals surface area contributed by atoms with E-state index in [0.717, 1.165) is 43.5 Å². The van der Waals surface area contributed by atoms with E-state index in [4.69, 9.17) is 0 Å². The third kappa shape index (κ3) is 3.62. The molecule has 1 fully saturated rings. The molecule has 1 aromatic heterocycles.